The molecule has 0 aromatic heterocycles. The van der Waals surface area contributed by atoms with Crippen LogP contribution in [0.4, 0.5) is 13.6 Å². The van der Waals surface area contributed by atoms with E-state index in [0.717, 1.165) is 0 Å². The van der Waals surface area contributed by atoms with Crippen LogP contribution in [0, 0.1) is 5.92 Å². The molecule has 1 aliphatic rings. The molecule has 0 saturated carbocycles. The average molecular weight is 497 g/mol. The molecule has 0 bridgehead atoms. The number of nitrogens with one attached hydrogen (secondary N) is 2. The zero-order valence-corrected chi connectivity index (χ0v) is 20.4. The third-order valence-corrected chi connectivity index (χ3v) is 5.23. The van der Waals surface area contributed by atoms with Crippen LogP contribution in [0.25, 0.3) is 0 Å². The van der Waals surface area contributed by atoms with E-state index in [-0.39, 0.29) is 35.2 Å². The molecule has 11 heteroatoms. The molecule has 0 saturated heterocycles. The number of carbonyl (C=O) groups is 3. The Labute approximate surface area is 202 Å². The summed E-state index contributed by atoms with van der Waals surface area (Å²) in [6, 6.07) is 4.87. The lowest BCUT2D eigenvalue weighted by Crippen LogP contribution is -2.46. The third kappa shape index (κ3) is 6.71. The number of para-hydroxylation sites is 1. The van der Waals surface area contributed by atoms with Crippen LogP contribution < -0.4 is 15.4 Å². The van der Waals surface area contributed by atoms with Crippen molar-refractivity contribution < 1.29 is 42.1 Å². The molecule has 192 valence electrons. The van der Waals surface area contributed by atoms with Gasteiger partial charge in [-0.3, -0.25) is 0 Å². The van der Waals surface area contributed by atoms with Gasteiger partial charge in [0.15, 0.2) is 0 Å². The van der Waals surface area contributed by atoms with Crippen LogP contribution in [0.2, 0.25) is 0 Å². The minimum atomic E-state index is -3.13. The monoisotopic (exact) mass is 496 g/mol. The van der Waals surface area contributed by atoms with Crippen LogP contribution in [0.15, 0.2) is 47.0 Å². The van der Waals surface area contributed by atoms with Crippen LogP contribution >= 0.6 is 0 Å². The van der Waals surface area contributed by atoms with Crippen LogP contribution in [-0.2, 0) is 23.8 Å². The molecule has 1 heterocycles. The fraction of sp³-hybridized carbons (Fsp3) is 0.458. The number of allylic oxidation sites excluding steroid dienone is 3. The van der Waals surface area contributed by atoms with E-state index in [9.17, 15) is 23.2 Å². The summed E-state index contributed by atoms with van der Waals surface area (Å²) < 4.78 is 46.4. The summed E-state index contributed by atoms with van der Waals surface area (Å²) in [7, 11) is 1.17. The van der Waals surface area contributed by atoms with E-state index in [1.54, 1.807) is 40.7 Å². The molecule has 1 aromatic rings. The molecule has 1 aliphatic heterocycles. The Hall–Kier alpha value is -3.63. The molecule has 0 spiro atoms. The maximum absolute atomic E-state index is 13.1. The average Bonchev–Trinajstić information content (AvgIpc) is 2.78. The van der Waals surface area contributed by atoms with Crippen molar-refractivity contribution in [2.24, 2.45) is 5.92 Å². The number of methoxy groups -OCH3 is 1. The van der Waals surface area contributed by atoms with Crippen molar-refractivity contribution in [2.45, 2.75) is 53.2 Å². The first-order valence-electron chi connectivity index (χ1n) is 11.0. The van der Waals surface area contributed by atoms with E-state index in [2.05, 4.69) is 15.4 Å². The number of benzene rings is 1. The van der Waals surface area contributed by atoms with Gasteiger partial charge in [0.25, 0.3) is 0 Å². The second-order valence-corrected chi connectivity index (χ2v) is 8.00. The molecule has 0 radical (unpaired) electrons. The Morgan fingerprint density at radius 2 is 1.77 bits per heavy atom. The van der Waals surface area contributed by atoms with Crippen molar-refractivity contribution in [1.29, 1.82) is 0 Å². The van der Waals surface area contributed by atoms with Gasteiger partial charge in [0.2, 0.25) is 0 Å². The quantitative estimate of drug-likeness (QED) is 0.390. The summed E-state index contributed by atoms with van der Waals surface area (Å²) in [4.78, 5) is 37.8. The number of alkyl halides is 2. The van der Waals surface area contributed by atoms with Gasteiger partial charge in [-0.2, -0.15) is 8.78 Å². The third-order valence-electron chi connectivity index (χ3n) is 5.23. The number of alkyl carbamates (subject to hydrolysis) is 1. The number of dihydropyridines is 1. The first-order valence-corrected chi connectivity index (χ1v) is 11.0. The van der Waals surface area contributed by atoms with Crippen LogP contribution in [0.5, 0.6) is 5.75 Å². The highest BCUT2D eigenvalue weighted by atomic mass is 19.3. The van der Waals surface area contributed by atoms with Crippen molar-refractivity contribution in [1.82, 2.24) is 10.6 Å². The molecule has 9 nitrogen and oxygen atoms in total. The van der Waals surface area contributed by atoms with E-state index >= 15 is 0 Å². The van der Waals surface area contributed by atoms with Gasteiger partial charge in [-0.15, -0.1) is 0 Å². The van der Waals surface area contributed by atoms with Crippen molar-refractivity contribution in [3.8, 4) is 5.75 Å². The topological polar surface area (TPSA) is 112 Å². The fourth-order valence-electron chi connectivity index (χ4n) is 3.70. The summed E-state index contributed by atoms with van der Waals surface area (Å²) in [5.41, 5.74) is 0.920. The Morgan fingerprint density at radius 1 is 1.11 bits per heavy atom. The Kier molecular flexibility index (Phi) is 9.61. The number of hydrogen-bond donors (Lipinski definition) is 2. The SMILES string of the molecule is CCOC(=O)[C@@H](NC(=O)OC1=C(C)NC(C)=C(C(=O)OC)[C@@H]1c1ccccc1OC(F)F)C(C)C. The van der Waals surface area contributed by atoms with E-state index < -0.39 is 36.6 Å². The van der Waals surface area contributed by atoms with Gasteiger partial charge >= 0.3 is 24.6 Å². The highest BCUT2D eigenvalue weighted by molar-refractivity contribution is 5.93. The molecule has 2 rings (SSSR count). The number of amides is 1. The van der Waals surface area contributed by atoms with Gasteiger partial charge in [-0.25, -0.2) is 14.4 Å². The summed E-state index contributed by atoms with van der Waals surface area (Å²) >= 11 is 0. The minimum Gasteiger partial charge on any atom is -0.466 e. The summed E-state index contributed by atoms with van der Waals surface area (Å²) in [6.07, 6.45) is -0.992. The molecular formula is C24H30F2N2O7. The normalized spacial score (nSPS) is 16.6. The van der Waals surface area contributed by atoms with Crippen molar-refractivity contribution in [3.63, 3.8) is 0 Å². The summed E-state index contributed by atoms with van der Waals surface area (Å²) in [6.45, 7) is 5.28. The number of carbonyl (C=O) groups excluding carboxylic acids is 3. The molecule has 2 N–H and O–H groups in total. The predicted molar refractivity (Wildman–Crippen MR) is 121 cm³/mol. The maximum atomic E-state index is 13.1. The predicted octanol–water partition coefficient (Wildman–Crippen LogP) is 3.97. The number of hydrogen-bond acceptors (Lipinski definition) is 8. The number of esters is 2. The maximum Gasteiger partial charge on any atom is 0.413 e. The fourth-order valence-corrected chi connectivity index (χ4v) is 3.70. The molecule has 0 fully saturated rings. The summed E-state index contributed by atoms with van der Waals surface area (Å²) in [5.74, 6) is -3.08. The van der Waals surface area contributed by atoms with Crippen molar-refractivity contribution >= 4 is 18.0 Å². The number of rotatable bonds is 9. The standard InChI is InChI=1S/C24H30F2N2O7/c1-7-33-22(30)19(12(2)3)28-24(31)35-20-14(5)27-13(4)17(21(29)32-6)18(20)15-10-8-9-11-16(15)34-23(25)26/h8-12,18-19,23,27H,7H2,1-6H3,(H,28,31)/t18-,19-/m0/s1. The Morgan fingerprint density at radius 3 is 2.34 bits per heavy atom. The van der Waals surface area contributed by atoms with Gasteiger partial charge in [0.1, 0.15) is 17.6 Å². The van der Waals surface area contributed by atoms with Crippen LogP contribution in [0.1, 0.15) is 46.1 Å². The first-order chi connectivity index (χ1) is 16.5. The van der Waals surface area contributed by atoms with Crippen molar-refractivity contribution in [3.05, 3.63) is 52.6 Å². The highest BCUT2D eigenvalue weighted by Gasteiger charge is 2.38. The summed E-state index contributed by atoms with van der Waals surface area (Å²) in [5, 5.41) is 5.43. The molecule has 35 heavy (non-hydrogen) atoms. The largest absolute Gasteiger partial charge is 0.466 e. The molecular weight excluding hydrogens is 466 g/mol. The second-order valence-electron chi connectivity index (χ2n) is 8.00. The molecule has 1 amide bonds. The van der Waals surface area contributed by atoms with Gasteiger partial charge in [-0.1, -0.05) is 32.0 Å². The van der Waals surface area contributed by atoms with E-state index in [0.29, 0.717) is 11.4 Å². The Balaban J connectivity index is 2.52. The van der Waals surface area contributed by atoms with E-state index in [4.69, 9.17) is 14.2 Å². The van der Waals surface area contributed by atoms with Crippen molar-refractivity contribution in [2.75, 3.05) is 13.7 Å². The molecule has 0 unspecified atom stereocenters. The Bertz CT molecular complexity index is 1020. The smallest absolute Gasteiger partial charge is 0.413 e. The number of ether oxygens (including phenoxy) is 4. The lowest BCUT2D eigenvalue weighted by atomic mass is 9.84. The van der Waals surface area contributed by atoms with E-state index in [1.807, 2.05) is 0 Å². The second kappa shape index (κ2) is 12.2. The van der Waals surface area contributed by atoms with Crippen LogP contribution in [0.3, 0.4) is 0 Å². The zero-order valence-electron chi connectivity index (χ0n) is 20.4. The molecule has 1 aromatic carbocycles. The van der Waals surface area contributed by atoms with E-state index in [1.165, 1.54) is 25.3 Å². The van der Waals surface area contributed by atoms with Gasteiger partial charge in [0, 0.05) is 11.3 Å². The zero-order chi connectivity index (χ0) is 26.3. The van der Waals surface area contributed by atoms with Gasteiger partial charge in [-0.05, 0) is 32.8 Å². The minimum absolute atomic E-state index is 0.0389. The number of halogens is 2. The van der Waals surface area contributed by atoms with Gasteiger partial charge in [0.05, 0.1) is 30.9 Å². The lowest BCUT2D eigenvalue weighted by Gasteiger charge is -2.31. The highest BCUT2D eigenvalue weighted by Crippen LogP contribution is 2.43. The lowest BCUT2D eigenvalue weighted by molar-refractivity contribution is -0.146. The van der Waals surface area contributed by atoms with Gasteiger partial charge < -0.3 is 29.6 Å². The first kappa shape index (κ1) is 27.6. The van der Waals surface area contributed by atoms with Crippen LogP contribution in [-0.4, -0.2) is 44.4 Å². The molecule has 2 atom stereocenters. The molecule has 0 aliphatic carbocycles.